The Morgan fingerprint density at radius 1 is 1.44 bits per heavy atom. The quantitative estimate of drug-likeness (QED) is 0.371. The van der Waals surface area contributed by atoms with E-state index in [0.29, 0.717) is 5.56 Å². The van der Waals surface area contributed by atoms with Crippen molar-refractivity contribution in [2.24, 2.45) is 0 Å². The fourth-order valence-corrected chi connectivity index (χ4v) is 2.00. The van der Waals surface area contributed by atoms with Gasteiger partial charge in [-0.05, 0) is 26.8 Å². The van der Waals surface area contributed by atoms with Gasteiger partial charge in [0.1, 0.15) is 5.60 Å². The average molecular weight is 316 g/mol. The first kappa shape index (κ1) is 14.6. The van der Waals surface area contributed by atoms with E-state index in [1.807, 2.05) is 0 Å². The molecule has 1 aromatic carbocycles. The molecule has 0 unspecified atom stereocenters. The van der Waals surface area contributed by atoms with Crippen LogP contribution in [0.25, 0.3) is 0 Å². The van der Waals surface area contributed by atoms with Crippen molar-refractivity contribution in [2.45, 2.75) is 31.7 Å². The third-order valence-corrected chi connectivity index (χ3v) is 2.66. The number of benzene rings is 1. The van der Waals surface area contributed by atoms with Crippen LogP contribution >= 0.6 is 15.9 Å². The highest BCUT2D eigenvalue weighted by molar-refractivity contribution is 9.08. The third-order valence-electron chi connectivity index (χ3n) is 2.10. The van der Waals surface area contributed by atoms with Crippen LogP contribution in [-0.4, -0.2) is 16.5 Å². The Morgan fingerprint density at radius 3 is 2.50 bits per heavy atom. The van der Waals surface area contributed by atoms with Crippen molar-refractivity contribution >= 4 is 27.6 Å². The van der Waals surface area contributed by atoms with Gasteiger partial charge in [0.15, 0.2) is 0 Å². The van der Waals surface area contributed by atoms with Crippen molar-refractivity contribution in [2.75, 3.05) is 0 Å². The van der Waals surface area contributed by atoms with E-state index in [2.05, 4.69) is 15.9 Å². The molecule has 0 aliphatic carbocycles. The molecule has 0 aliphatic heterocycles. The third kappa shape index (κ3) is 3.53. The molecular weight excluding hydrogens is 302 g/mol. The van der Waals surface area contributed by atoms with E-state index < -0.39 is 16.5 Å². The Morgan fingerprint density at radius 2 is 2.06 bits per heavy atom. The number of halogens is 1. The lowest BCUT2D eigenvalue weighted by atomic mass is 10.1. The van der Waals surface area contributed by atoms with Gasteiger partial charge in [-0.3, -0.25) is 10.1 Å². The number of rotatable bonds is 3. The van der Waals surface area contributed by atoms with Crippen molar-refractivity contribution < 1.29 is 14.5 Å². The number of hydrogen-bond acceptors (Lipinski definition) is 4. The SMILES string of the molecule is CC(C)(C)OC(=O)c1cccc([N+](=O)[O-])c1CBr. The second-order valence-corrected chi connectivity index (χ2v) is 5.26. The van der Waals surface area contributed by atoms with Crippen LogP contribution in [0.5, 0.6) is 0 Å². The molecule has 0 spiro atoms. The molecule has 0 saturated heterocycles. The lowest BCUT2D eigenvalue weighted by Crippen LogP contribution is -2.24. The van der Waals surface area contributed by atoms with E-state index in [9.17, 15) is 14.9 Å². The molecule has 0 amide bonds. The number of ether oxygens (including phenoxy) is 1. The number of carbonyl (C=O) groups excluding carboxylic acids is 1. The molecule has 1 aromatic rings. The number of alkyl halides is 1. The Hall–Kier alpha value is -1.43. The van der Waals surface area contributed by atoms with Crippen molar-refractivity contribution in [3.05, 3.63) is 39.4 Å². The molecule has 18 heavy (non-hydrogen) atoms. The molecule has 0 aliphatic rings. The first-order valence-electron chi connectivity index (χ1n) is 5.32. The summed E-state index contributed by atoms with van der Waals surface area (Å²) in [6, 6.07) is 4.37. The standard InChI is InChI=1S/C12H14BrNO4/c1-12(2,3)18-11(15)8-5-4-6-10(14(16)17)9(8)7-13/h4-6H,7H2,1-3H3. The summed E-state index contributed by atoms with van der Waals surface area (Å²) in [4.78, 5) is 22.3. The number of nitro groups is 1. The normalized spacial score (nSPS) is 11.1. The second-order valence-electron chi connectivity index (χ2n) is 4.70. The smallest absolute Gasteiger partial charge is 0.339 e. The average Bonchev–Trinajstić information content (AvgIpc) is 2.25. The minimum absolute atomic E-state index is 0.0877. The first-order valence-corrected chi connectivity index (χ1v) is 6.44. The predicted octanol–water partition coefficient (Wildman–Crippen LogP) is 3.45. The minimum Gasteiger partial charge on any atom is -0.456 e. The molecule has 0 aromatic heterocycles. The van der Waals surface area contributed by atoms with E-state index in [0.717, 1.165) is 0 Å². The lowest BCUT2D eigenvalue weighted by Gasteiger charge is -2.20. The van der Waals surface area contributed by atoms with Gasteiger partial charge in [-0.2, -0.15) is 0 Å². The summed E-state index contributed by atoms with van der Waals surface area (Å²) in [6.45, 7) is 5.24. The maximum atomic E-state index is 11.9. The number of hydrogen-bond donors (Lipinski definition) is 0. The van der Waals surface area contributed by atoms with Gasteiger partial charge in [-0.15, -0.1) is 0 Å². The van der Waals surface area contributed by atoms with Crippen molar-refractivity contribution in [3.8, 4) is 0 Å². The summed E-state index contributed by atoms with van der Waals surface area (Å²) in [5, 5.41) is 11.1. The molecule has 6 heteroatoms. The summed E-state index contributed by atoms with van der Waals surface area (Å²) < 4.78 is 5.22. The van der Waals surface area contributed by atoms with E-state index >= 15 is 0 Å². The molecule has 1 rings (SSSR count). The van der Waals surface area contributed by atoms with E-state index in [4.69, 9.17) is 4.74 Å². The fourth-order valence-electron chi connectivity index (χ4n) is 1.41. The van der Waals surface area contributed by atoms with Gasteiger partial charge in [-0.1, -0.05) is 22.0 Å². The molecule has 0 fully saturated rings. The molecule has 0 atom stereocenters. The summed E-state index contributed by atoms with van der Waals surface area (Å²) in [5.74, 6) is -0.555. The summed E-state index contributed by atoms with van der Waals surface area (Å²) in [6.07, 6.45) is 0. The maximum Gasteiger partial charge on any atom is 0.339 e. The molecule has 0 heterocycles. The Bertz CT molecular complexity index is 479. The summed E-state index contributed by atoms with van der Waals surface area (Å²) >= 11 is 3.16. The fraction of sp³-hybridized carbons (Fsp3) is 0.417. The summed E-state index contributed by atoms with van der Waals surface area (Å²) in [7, 11) is 0. The van der Waals surface area contributed by atoms with Crippen LogP contribution in [0, 0.1) is 10.1 Å². The zero-order valence-corrected chi connectivity index (χ0v) is 12.0. The van der Waals surface area contributed by atoms with E-state index in [1.54, 1.807) is 20.8 Å². The van der Waals surface area contributed by atoms with Crippen LogP contribution in [0.1, 0.15) is 36.7 Å². The molecule has 0 bridgehead atoms. The topological polar surface area (TPSA) is 69.4 Å². The van der Waals surface area contributed by atoms with Crippen molar-refractivity contribution in [3.63, 3.8) is 0 Å². The van der Waals surface area contributed by atoms with Crippen LogP contribution in [0.2, 0.25) is 0 Å². The van der Waals surface area contributed by atoms with Crippen molar-refractivity contribution in [1.29, 1.82) is 0 Å². The maximum absolute atomic E-state index is 11.9. The minimum atomic E-state index is -0.634. The Kier molecular flexibility index (Phi) is 4.45. The molecule has 0 N–H and O–H groups in total. The van der Waals surface area contributed by atoms with Gasteiger partial charge >= 0.3 is 5.97 Å². The molecule has 0 radical (unpaired) electrons. The van der Waals surface area contributed by atoms with Gasteiger partial charge in [0.05, 0.1) is 16.1 Å². The van der Waals surface area contributed by atoms with Gasteiger partial charge in [0.25, 0.3) is 5.69 Å². The Balaban J connectivity index is 3.21. The van der Waals surface area contributed by atoms with Gasteiger partial charge in [-0.25, -0.2) is 4.79 Å². The second kappa shape index (κ2) is 5.48. The van der Waals surface area contributed by atoms with Crippen LogP contribution in [0.15, 0.2) is 18.2 Å². The van der Waals surface area contributed by atoms with E-state index in [1.165, 1.54) is 18.2 Å². The zero-order chi connectivity index (χ0) is 13.9. The van der Waals surface area contributed by atoms with Gasteiger partial charge in [0, 0.05) is 11.4 Å². The molecular formula is C12H14BrNO4. The van der Waals surface area contributed by atoms with E-state index in [-0.39, 0.29) is 16.6 Å². The highest BCUT2D eigenvalue weighted by atomic mass is 79.9. The number of esters is 1. The number of nitro benzene ring substituents is 1. The van der Waals surface area contributed by atoms with Gasteiger partial charge in [0.2, 0.25) is 0 Å². The number of carbonyl (C=O) groups is 1. The zero-order valence-electron chi connectivity index (χ0n) is 10.4. The van der Waals surface area contributed by atoms with Crippen LogP contribution in [-0.2, 0) is 10.1 Å². The van der Waals surface area contributed by atoms with Crippen LogP contribution in [0.3, 0.4) is 0 Å². The lowest BCUT2D eigenvalue weighted by molar-refractivity contribution is -0.385. The largest absolute Gasteiger partial charge is 0.456 e. The Labute approximate surface area is 113 Å². The molecule has 0 saturated carbocycles. The monoisotopic (exact) mass is 315 g/mol. The molecule has 98 valence electrons. The highest BCUT2D eigenvalue weighted by Gasteiger charge is 2.24. The van der Waals surface area contributed by atoms with Crippen molar-refractivity contribution in [1.82, 2.24) is 0 Å². The van der Waals surface area contributed by atoms with Gasteiger partial charge < -0.3 is 4.74 Å². The summed E-state index contributed by atoms with van der Waals surface area (Å²) in [5.41, 5.74) is -0.173. The highest BCUT2D eigenvalue weighted by Crippen LogP contribution is 2.26. The molecule has 5 nitrogen and oxygen atoms in total. The first-order chi connectivity index (χ1) is 8.26. The van der Waals surface area contributed by atoms with Crippen LogP contribution < -0.4 is 0 Å². The predicted molar refractivity (Wildman–Crippen MR) is 70.9 cm³/mol. The van der Waals surface area contributed by atoms with Crippen LogP contribution in [0.4, 0.5) is 5.69 Å². The number of nitrogens with zero attached hydrogens (tertiary/aromatic N) is 1.